The Labute approximate surface area is 204 Å². The maximum Gasteiger partial charge on any atom is 0.336 e. The molecule has 1 heterocycles. The van der Waals surface area contributed by atoms with Gasteiger partial charge in [0.05, 0.1) is 16.9 Å². The lowest BCUT2D eigenvalue weighted by atomic mass is 9.92. The van der Waals surface area contributed by atoms with Gasteiger partial charge in [0, 0.05) is 24.1 Å². The molecule has 8 heteroatoms. The zero-order valence-corrected chi connectivity index (χ0v) is 20.3. The van der Waals surface area contributed by atoms with Crippen LogP contribution in [0.4, 0.5) is 16.5 Å². The second-order valence-electron chi connectivity index (χ2n) is 9.08. The van der Waals surface area contributed by atoms with E-state index in [-0.39, 0.29) is 11.4 Å². The zero-order chi connectivity index (χ0) is 24.1. The molecule has 3 aromatic rings. The largest absolute Gasteiger partial charge is 0.478 e. The topological polar surface area (TPSA) is 102 Å². The van der Waals surface area contributed by atoms with Crippen LogP contribution in [0.5, 0.6) is 0 Å². The van der Waals surface area contributed by atoms with E-state index in [1.54, 1.807) is 12.1 Å². The van der Waals surface area contributed by atoms with Gasteiger partial charge in [0.1, 0.15) is 6.07 Å². The van der Waals surface area contributed by atoms with Gasteiger partial charge in [-0.05, 0) is 48.1 Å². The van der Waals surface area contributed by atoms with Crippen molar-refractivity contribution in [3.05, 3.63) is 53.9 Å². The van der Waals surface area contributed by atoms with E-state index in [4.69, 9.17) is 5.26 Å². The molecule has 0 amide bonds. The second kappa shape index (κ2) is 10.7. The first-order chi connectivity index (χ1) is 16.5. The first-order valence-electron chi connectivity index (χ1n) is 11.7. The first-order valence-corrected chi connectivity index (χ1v) is 12.5. The summed E-state index contributed by atoms with van der Waals surface area (Å²) < 4.78 is 4.08. The van der Waals surface area contributed by atoms with Gasteiger partial charge < -0.3 is 15.3 Å². The minimum atomic E-state index is -0.958. The highest BCUT2D eigenvalue weighted by atomic mass is 32.1. The Morgan fingerprint density at radius 1 is 1.24 bits per heavy atom. The number of hydrogen-bond donors (Lipinski definition) is 2. The smallest absolute Gasteiger partial charge is 0.336 e. The molecule has 1 fully saturated rings. The van der Waals surface area contributed by atoms with Gasteiger partial charge in [-0.3, -0.25) is 0 Å². The van der Waals surface area contributed by atoms with Gasteiger partial charge in [0.2, 0.25) is 11.0 Å². The lowest BCUT2D eigenvalue weighted by Gasteiger charge is -2.38. The summed E-state index contributed by atoms with van der Waals surface area (Å²) in [5.41, 5.74) is 3.63. The Morgan fingerprint density at radius 3 is 2.68 bits per heavy atom. The molecular formula is C26H29N5O2S. The summed E-state index contributed by atoms with van der Waals surface area (Å²) >= 11 is 1.14. The number of aromatic carboxylic acids is 1. The first kappa shape index (κ1) is 23.7. The summed E-state index contributed by atoms with van der Waals surface area (Å²) in [5.74, 6) is -0.345. The molecule has 0 radical (unpaired) electrons. The summed E-state index contributed by atoms with van der Waals surface area (Å²) in [5, 5.41) is 22.8. The summed E-state index contributed by atoms with van der Waals surface area (Å²) in [6.45, 7) is 5.37. The maximum absolute atomic E-state index is 11.8. The third-order valence-electron chi connectivity index (χ3n) is 6.12. The number of hydrogen-bond acceptors (Lipinski definition) is 7. The molecule has 2 N–H and O–H groups in total. The van der Waals surface area contributed by atoms with Crippen molar-refractivity contribution in [1.29, 1.82) is 5.26 Å². The van der Waals surface area contributed by atoms with E-state index in [9.17, 15) is 9.90 Å². The monoisotopic (exact) mass is 475 g/mol. The van der Waals surface area contributed by atoms with Crippen LogP contribution in [0.3, 0.4) is 0 Å². The van der Waals surface area contributed by atoms with E-state index < -0.39 is 5.97 Å². The lowest BCUT2D eigenvalue weighted by Crippen LogP contribution is -2.39. The molecule has 0 aliphatic heterocycles. The fraction of sp³-hybridized carbons (Fsp3) is 0.385. The Balaban J connectivity index is 1.81. The summed E-state index contributed by atoms with van der Waals surface area (Å²) in [6.07, 6.45) is 6.06. The third kappa shape index (κ3) is 5.37. The molecular weight excluding hydrogens is 446 g/mol. The van der Waals surface area contributed by atoms with Crippen LogP contribution in [0, 0.1) is 17.2 Å². The number of aromatic nitrogens is 2. The van der Waals surface area contributed by atoms with Gasteiger partial charge in [0.25, 0.3) is 0 Å². The van der Waals surface area contributed by atoms with Gasteiger partial charge in [-0.15, -0.1) is 0 Å². The molecule has 0 spiro atoms. The average molecular weight is 476 g/mol. The number of carbonyl (C=O) groups is 1. The molecule has 34 heavy (non-hydrogen) atoms. The third-order valence-corrected chi connectivity index (χ3v) is 6.75. The Morgan fingerprint density at radius 2 is 2.00 bits per heavy atom. The minimum absolute atomic E-state index is 0.132. The van der Waals surface area contributed by atoms with Crippen molar-refractivity contribution in [2.45, 2.75) is 52.0 Å². The molecule has 2 aromatic carbocycles. The van der Waals surface area contributed by atoms with E-state index in [0.29, 0.717) is 22.7 Å². The van der Waals surface area contributed by atoms with Gasteiger partial charge in [-0.1, -0.05) is 57.4 Å². The number of nitrogens with one attached hydrogen (secondary N) is 1. The number of anilines is 3. The number of nitriles is 1. The maximum atomic E-state index is 11.8. The molecule has 0 bridgehead atoms. The summed E-state index contributed by atoms with van der Waals surface area (Å²) in [4.78, 5) is 18.6. The van der Waals surface area contributed by atoms with Crippen LogP contribution in [-0.2, 0) is 0 Å². The van der Waals surface area contributed by atoms with Crippen LogP contribution < -0.4 is 10.2 Å². The zero-order valence-electron chi connectivity index (χ0n) is 19.5. The van der Waals surface area contributed by atoms with E-state index in [2.05, 4.69) is 39.5 Å². The van der Waals surface area contributed by atoms with Crippen LogP contribution in [0.2, 0.25) is 0 Å². The Hall–Kier alpha value is -3.44. The molecule has 0 saturated heterocycles. The van der Waals surface area contributed by atoms with Crippen LogP contribution >= 0.6 is 11.5 Å². The predicted octanol–water partition coefficient (Wildman–Crippen LogP) is 6.31. The van der Waals surface area contributed by atoms with Crippen molar-refractivity contribution in [2.75, 3.05) is 16.8 Å². The Kier molecular flexibility index (Phi) is 7.43. The normalized spacial score (nSPS) is 14.1. The average Bonchev–Trinajstić information content (AvgIpc) is 3.30. The van der Waals surface area contributed by atoms with Crippen molar-refractivity contribution in [1.82, 2.24) is 9.36 Å². The van der Waals surface area contributed by atoms with Gasteiger partial charge >= 0.3 is 5.97 Å². The highest BCUT2D eigenvalue weighted by Gasteiger charge is 2.25. The van der Waals surface area contributed by atoms with E-state index in [1.807, 2.05) is 30.3 Å². The molecule has 0 unspecified atom stereocenters. The van der Waals surface area contributed by atoms with Gasteiger partial charge in [-0.25, -0.2) is 4.79 Å². The standard InChI is InChI=1S/C26H29N5O2S/c1-17(2)16-31(19-8-4-3-5-9-19)23-13-12-18(20-10-6-7-11-21(20)25(32)33)14-22(23)28-26-29-24(15-27)30-34-26/h6-7,10-14,17,19H,3-5,8-9,16H2,1-2H3,(H,32,33)(H,28,29,30). The number of benzene rings is 2. The Bertz CT molecular complexity index is 1190. The van der Waals surface area contributed by atoms with E-state index in [1.165, 1.54) is 19.3 Å². The fourth-order valence-electron chi connectivity index (χ4n) is 4.64. The SMILES string of the molecule is CC(C)CN(c1ccc(-c2ccccc2C(=O)O)cc1Nc1nc(C#N)ns1)C1CCCCC1. The van der Waals surface area contributed by atoms with Crippen molar-refractivity contribution >= 4 is 34.0 Å². The minimum Gasteiger partial charge on any atom is -0.478 e. The molecule has 4 rings (SSSR count). The van der Waals surface area contributed by atoms with Crippen LogP contribution in [0.15, 0.2) is 42.5 Å². The number of rotatable bonds is 8. The second-order valence-corrected chi connectivity index (χ2v) is 9.83. The molecule has 1 aliphatic rings. The number of nitrogens with zero attached hydrogens (tertiary/aromatic N) is 4. The van der Waals surface area contributed by atoms with Crippen molar-refractivity contribution in [3.63, 3.8) is 0 Å². The summed E-state index contributed by atoms with van der Waals surface area (Å²) in [7, 11) is 0. The van der Waals surface area contributed by atoms with Gasteiger partial charge in [-0.2, -0.15) is 14.6 Å². The highest BCUT2D eigenvalue weighted by Crippen LogP contribution is 2.38. The molecule has 1 saturated carbocycles. The molecule has 176 valence electrons. The quantitative estimate of drug-likeness (QED) is 0.393. The van der Waals surface area contributed by atoms with Crippen LogP contribution in [0.1, 0.15) is 62.1 Å². The number of carboxylic acids is 1. The molecule has 7 nitrogen and oxygen atoms in total. The van der Waals surface area contributed by atoms with Gasteiger partial charge in [0.15, 0.2) is 0 Å². The van der Waals surface area contributed by atoms with Crippen molar-refractivity contribution in [2.24, 2.45) is 5.92 Å². The summed E-state index contributed by atoms with van der Waals surface area (Å²) in [6, 6.07) is 15.5. The molecule has 0 atom stereocenters. The van der Waals surface area contributed by atoms with E-state index >= 15 is 0 Å². The van der Waals surface area contributed by atoms with Crippen LogP contribution in [-0.4, -0.2) is 33.0 Å². The van der Waals surface area contributed by atoms with Crippen LogP contribution in [0.25, 0.3) is 11.1 Å². The molecule has 1 aromatic heterocycles. The predicted molar refractivity (Wildman–Crippen MR) is 136 cm³/mol. The fourth-order valence-corrected chi connectivity index (χ4v) is 5.18. The highest BCUT2D eigenvalue weighted by molar-refractivity contribution is 7.09. The van der Waals surface area contributed by atoms with Crippen molar-refractivity contribution in [3.8, 4) is 17.2 Å². The molecule has 1 aliphatic carbocycles. The lowest BCUT2D eigenvalue weighted by molar-refractivity contribution is 0.0697. The van der Waals surface area contributed by atoms with Crippen molar-refractivity contribution < 1.29 is 9.90 Å². The number of carboxylic acid groups (broad SMARTS) is 1. The van der Waals surface area contributed by atoms with E-state index in [0.717, 1.165) is 47.9 Å².